The molecule has 20 heavy (non-hydrogen) atoms. The lowest BCUT2D eigenvalue weighted by Gasteiger charge is -2.09. The average Bonchev–Trinajstić information content (AvgIpc) is 2.38. The lowest BCUT2D eigenvalue weighted by Crippen LogP contribution is -2.13. The largest absolute Gasteiger partial charge is 0.396 e. The van der Waals surface area contributed by atoms with Crippen molar-refractivity contribution in [3.8, 4) is 0 Å². The van der Waals surface area contributed by atoms with E-state index in [1.807, 2.05) is 0 Å². The first-order chi connectivity index (χ1) is 9.38. The zero-order valence-corrected chi connectivity index (χ0v) is 13.0. The molecule has 3 N–H and O–H groups in total. The molecule has 0 bridgehead atoms. The molecule has 0 atom stereocenters. The Labute approximate surface area is 133 Å². The molecule has 0 fully saturated rings. The molecule has 1 amide bonds. The lowest BCUT2D eigenvalue weighted by molar-refractivity contribution is 0.102. The number of nitrogens with two attached hydrogens (primary N) is 1. The highest BCUT2D eigenvalue weighted by Gasteiger charge is 2.13. The first kappa shape index (κ1) is 15.1. The number of amides is 1. The van der Waals surface area contributed by atoms with Crippen molar-refractivity contribution >= 4 is 56.4 Å². The molecule has 104 valence electrons. The number of hydrogen-bond donors (Lipinski definition) is 2. The molecule has 7 heteroatoms. The number of nitrogen functional groups attached to an aromatic ring is 1. The molecule has 2 aromatic rings. The molecular formula is C13H8BrCl2FN2O. The molecule has 0 aliphatic heterocycles. The topological polar surface area (TPSA) is 55.1 Å². The van der Waals surface area contributed by atoms with E-state index < -0.39 is 11.7 Å². The highest BCUT2D eigenvalue weighted by Crippen LogP contribution is 2.31. The molecule has 2 aromatic carbocycles. The van der Waals surface area contributed by atoms with Crippen LogP contribution in [0.15, 0.2) is 34.8 Å². The molecule has 0 unspecified atom stereocenters. The van der Waals surface area contributed by atoms with Gasteiger partial charge >= 0.3 is 0 Å². The summed E-state index contributed by atoms with van der Waals surface area (Å²) < 4.78 is 13.6. The Morgan fingerprint density at radius 1 is 1.20 bits per heavy atom. The van der Waals surface area contributed by atoms with E-state index in [1.54, 1.807) is 0 Å². The van der Waals surface area contributed by atoms with Crippen LogP contribution in [0, 0.1) is 5.82 Å². The van der Waals surface area contributed by atoms with Crippen molar-refractivity contribution in [3.05, 3.63) is 56.2 Å². The number of nitrogens with one attached hydrogen (secondary N) is 1. The first-order valence-electron chi connectivity index (χ1n) is 5.39. The highest BCUT2D eigenvalue weighted by molar-refractivity contribution is 9.10. The molecular weight excluding hydrogens is 370 g/mol. The summed E-state index contributed by atoms with van der Waals surface area (Å²) in [5.74, 6) is -1.000. The van der Waals surface area contributed by atoms with Crippen molar-refractivity contribution in [3.63, 3.8) is 0 Å². The van der Waals surface area contributed by atoms with Gasteiger partial charge in [-0.15, -0.1) is 0 Å². The number of anilines is 2. The van der Waals surface area contributed by atoms with Crippen molar-refractivity contribution in [1.82, 2.24) is 0 Å². The van der Waals surface area contributed by atoms with Gasteiger partial charge in [-0.2, -0.15) is 0 Å². The molecule has 3 nitrogen and oxygen atoms in total. The predicted octanol–water partition coefficient (Wildman–Crippen LogP) is 4.73. The smallest absolute Gasteiger partial charge is 0.256 e. The molecule has 0 spiro atoms. The maximum atomic E-state index is 13.2. The van der Waals surface area contributed by atoms with Crippen molar-refractivity contribution in [2.24, 2.45) is 0 Å². The van der Waals surface area contributed by atoms with Crippen molar-refractivity contribution < 1.29 is 9.18 Å². The van der Waals surface area contributed by atoms with E-state index in [4.69, 9.17) is 28.9 Å². The normalized spacial score (nSPS) is 10.4. The van der Waals surface area contributed by atoms with Crippen molar-refractivity contribution in [1.29, 1.82) is 0 Å². The second-order valence-corrected chi connectivity index (χ2v) is 5.60. The van der Waals surface area contributed by atoms with Crippen molar-refractivity contribution in [2.75, 3.05) is 11.1 Å². The monoisotopic (exact) mass is 376 g/mol. The van der Waals surface area contributed by atoms with E-state index in [0.717, 1.165) is 6.07 Å². The third-order valence-electron chi connectivity index (χ3n) is 2.51. The molecule has 0 saturated heterocycles. The Hall–Kier alpha value is -1.30. The van der Waals surface area contributed by atoms with Gasteiger partial charge in [0.25, 0.3) is 5.91 Å². The number of carbonyl (C=O) groups excluding carboxylic acids is 1. The van der Waals surface area contributed by atoms with Gasteiger partial charge in [0.15, 0.2) is 0 Å². The Morgan fingerprint density at radius 3 is 2.40 bits per heavy atom. The van der Waals surface area contributed by atoms with Crippen molar-refractivity contribution in [2.45, 2.75) is 0 Å². The van der Waals surface area contributed by atoms with Crippen LogP contribution in [0.3, 0.4) is 0 Å². The van der Waals surface area contributed by atoms with Gasteiger partial charge < -0.3 is 11.1 Å². The predicted molar refractivity (Wildman–Crippen MR) is 82.9 cm³/mol. The first-order valence-corrected chi connectivity index (χ1v) is 6.94. The Balaban J connectivity index is 2.30. The molecule has 2 rings (SSSR count). The summed E-state index contributed by atoms with van der Waals surface area (Å²) in [7, 11) is 0. The third-order valence-corrected chi connectivity index (χ3v) is 3.83. The summed E-state index contributed by atoms with van der Waals surface area (Å²) in [6, 6.07) is 6.76. The maximum Gasteiger partial charge on any atom is 0.256 e. The Morgan fingerprint density at radius 2 is 1.80 bits per heavy atom. The van der Waals surface area contributed by atoms with E-state index in [-0.39, 0.29) is 21.3 Å². The molecule has 0 saturated carbocycles. The molecule has 0 radical (unpaired) electrons. The third kappa shape index (κ3) is 3.23. The highest BCUT2D eigenvalue weighted by atomic mass is 79.9. The summed E-state index contributed by atoms with van der Waals surface area (Å²) in [6.07, 6.45) is 0. The van der Waals surface area contributed by atoms with Crippen LogP contribution in [0.5, 0.6) is 0 Å². The molecule has 0 aliphatic rings. The van der Waals surface area contributed by atoms with Gasteiger partial charge in [-0.3, -0.25) is 4.79 Å². The summed E-state index contributed by atoms with van der Waals surface area (Å²) in [5, 5.41) is 3.03. The van der Waals surface area contributed by atoms with E-state index in [1.165, 1.54) is 24.3 Å². The van der Waals surface area contributed by atoms with Crippen LogP contribution in [0.4, 0.5) is 15.8 Å². The van der Waals surface area contributed by atoms with Crippen LogP contribution in [0.2, 0.25) is 10.0 Å². The second kappa shape index (κ2) is 5.99. The fourth-order valence-corrected chi connectivity index (χ4v) is 2.44. The fraction of sp³-hybridized carbons (Fsp3) is 0. The van der Waals surface area contributed by atoms with Gasteiger partial charge in [0.2, 0.25) is 0 Å². The van der Waals surface area contributed by atoms with Gasteiger partial charge in [0.05, 0.1) is 21.3 Å². The van der Waals surface area contributed by atoms with E-state index in [0.29, 0.717) is 10.2 Å². The summed E-state index contributed by atoms with van der Waals surface area (Å²) in [4.78, 5) is 12.1. The number of halogens is 4. The van der Waals surface area contributed by atoms with Crippen LogP contribution in [-0.2, 0) is 0 Å². The molecule has 0 heterocycles. The van der Waals surface area contributed by atoms with Gasteiger partial charge in [-0.25, -0.2) is 4.39 Å². The van der Waals surface area contributed by atoms with Gasteiger partial charge in [-0.1, -0.05) is 23.2 Å². The van der Waals surface area contributed by atoms with E-state index in [9.17, 15) is 9.18 Å². The fourth-order valence-electron chi connectivity index (χ4n) is 1.53. The zero-order chi connectivity index (χ0) is 14.9. The minimum Gasteiger partial charge on any atom is -0.396 e. The zero-order valence-electron chi connectivity index (χ0n) is 9.88. The number of rotatable bonds is 2. The van der Waals surface area contributed by atoms with Crippen LogP contribution >= 0.6 is 39.1 Å². The SMILES string of the molecule is Nc1c(Cl)cc(NC(=O)c2cc(F)ccc2Br)cc1Cl. The summed E-state index contributed by atoms with van der Waals surface area (Å²) in [6.45, 7) is 0. The molecule has 0 aliphatic carbocycles. The second-order valence-electron chi connectivity index (χ2n) is 3.93. The minimum atomic E-state index is -0.508. The van der Waals surface area contributed by atoms with E-state index in [2.05, 4.69) is 21.2 Å². The standard InChI is InChI=1S/C13H8BrCl2FN2O/c14-9-2-1-6(17)3-8(9)13(20)19-7-4-10(15)12(18)11(16)5-7/h1-5H,18H2,(H,19,20). The summed E-state index contributed by atoms with van der Waals surface area (Å²) >= 11 is 14.9. The number of benzene rings is 2. The number of carbonyl (C=O) groups is 1. The van der Waals surface area contributed by atoms with Gasteiger partial charge in [0.1, 0.15) is 5.82 Å². The van der Waals surface area contributed by atoms with Crippen LogP contribution in [0.1, 0.15) is 10.4 Å². The van der Waals surface area contributed by atoms with E-state index >= 15 is 0 Å². The van der Waals surface area contributed by atoms with Crippen LogP contribution in [-0.4, -0.2) is 5.91 Å². The summed E-state index contributed by atoms with van der Waals surface area (Å²) in [5.41, 5.74) is 6.37. The maximum absolute atomic E-state index is 13.2. The Kier molecular flexibility index (Phi) is 4.52. The van der Waals surface area contributed by atoms with Crippen LogP contribution in [0.25, 0.3) is 0 Å². The average molecular weight is 378 g/mol. The molecule has 0 aromatic heterocycles. The minimum absolute atomic E-state index is 0.161. The number of hydrogen-bond acceptors (Lipinski definition) is 2. The lowest BCUT2D eigenvalue weighted by atomic mass is 10.2. The van der Waals surface area contributed by atoms with Crippen LogP contribution < -0.4 is 11.1 Å². The van der Waals surface area contributed by atoms with Gasteiger partial charge in [-0.05, 0) is 46.3 Å². The van der Waals surface area contributed by atoms with Gasteiger partial charge in [0, 0.05) is 10.2 Å². The Bertz CT molecular complexity index is 671. The quantitative estimate of drug-likeness (QED) is 0.743.